The normalized spacial score (nSPS) is 14.4. The first kappa shape index (κ1) is 12.0. The van der Waals surface area contributed by atoms with Gasteiger partial charge in [0.15, 0.2) is 0 Å². The highest BCUT2D eigenvalue weighted by Gasteiger charge is 2.27. The van der Waals surface area contributed by atoms with Crippen LogP contribution in [0.1, 0.15) is 32.9 Å². The zero-order chi connectivity index (χ0) is 13.4. The summed E-state index contributed by atoms with van der Waals surface area (Å²) in [5.74, 6) is 0.173. The molecule has 3 rings (SSSR count). The fourth-order valence-electron chi connectivity index (χ4n) is 2.59. The maximum absolute atomic E-state index is 12.1. The Kier molecular flexibility index (Phi) is 2.85. The van der Waals surface area contributed by atoms with Crippen molar-refractivity contribution in [3.05, 3.63) is 52.4 Å². The van der Waals surface area contributed by atoms with E-state index in [1.807, 2.05) is 12.1 Å². The van der Waals surface area contributed by atoms with Crippen LogP contribution in [0.4, 0.5) is 0 Å². The smallest absolute Gasteiger partial charge is 0.343 e. The van der Waals surface area contributed by atoms with Gasteiger partial charge in [0.05, 0.1) is 5.69 Å². The van der Waals surface area contributed by atoms with Crippen LogP contribution in [0.3, 0.4) is 0 Å². The van der Waals surface area contributed by atoms with Gasteiger partial charge in [-0.2, -0.15) is 0 Å². The molecule has 0 amide bonds. The van der Waals surface area contributed by atoms with Gasteiger partial charge in [0.1, 0.15) is 17.4 Å². The van der Waals surface area contributed by atoms with Gasteiger partial charge in [-0.25, -0.2) is 4.79 Å². The number of carbonyl (C=O) groups is 1. The van der Waals surface area contributed by atoms with Crippen LogP contribution in [0, 0.1) is 13.8 Å². The van der Waals surface area contributed by atoms with E-state index in [4.69, 9.17) is 9.26 Å². The van der Waals surface area contributed by atoms with Gasteiger partial charge in [-0.15, -0.1) is 0 Å². The standard InChI is InChI=1S/C15H15NO3/c1-9-14(10(2)19-16-9)15(17)18-13-7-11-5-3-4-6-12(11)8-13/h3-6,13H,7-8H2,1-2H3. The minimum Gasteiger partial charge on any atom is -0.458 e. The van der Waals surface area contributed by atoms with E-state index in [2.05, 4.69) is 17.3 Å². The average Bonchev–Trinajstić information content (AvgIpc) is 2.92. The molecule has 0 saturated carbocycles. The molecular weight excluding hydrogens is 242 g/mol. The molecule has 0 bridgehead atoms. The maximum atomic E-state index is 12.1. The molecule has 1 aliphatic carbocycles. The van der Waals surface area contributed by atoms with Crippen molar-refractivity contribution in [1.29, 1.82) is 0 Å². The van der Waals surface area contributed by atoms with Gasteiger partial charge in [-0.3, -0.25) is 0 Å². The number of carbonyl (C=O) groups excluding carboxylic acids is 1. The third kappa shape index (κ3) is 2.14. The number of hydrogen-bond acceptors (Lipinski definition) is 4. The van der Waals surface area contributed by atoms with Crippen LogP contribution in [0.25, 0.3) is 0 Å². The van der Waals surface area contributed by atoms with E-state index in [-0.39, 0.29) is 12.1 Å². The summed E-state index contributed by atoms with van der Waals surface area (Å²) in [5.41, 5.74) is 3.56. The van der Waals surface area contributed by atoms with E-state index < -0.39 is 0 Å². The number of aryl methyl sites for hydroxylation is 2. The summed E-state index contributed by atoms with van der Waals surface area (Å²) in [6, 6.07) is 8.19. The highest BCUT2D eigenvalue weighted by atomic mass is 16.5. The fourth-order valence-corrected chi connectivity index (χ4v) is 2.59. The van der Waals surface area contributed by atoms with Gasteiger partial charge in [0, 0.05) is 12.8 Å². The van der Waals surface area contributed by atoms with Gasteiger partial charge in [-0.05, 0) is 25.0 Å². The first-order valence-corrected chi connectivity index (χ1v) is 6.36. The minimum absolute atomic E-state index is 0.0846. The molecule has 0 unspecified atom stereocenters. The van der Waals surface area contributed by atoms with Crippen molar-refractivity contribution >= 4 is 5.97 Å². The van der Waals surface area contributed by atoms with Gasteiger partial charge >= 0.3 is 5.97 Å². The lowest BCUT2D eigenvalue weighted by Crippen LogP contribution is -2.19. The molecule has 4 nitrogen and oxygen atoms in total. The van der Waals surface area contributed by atoms with E-state index >= 15 is 0 Å². The summed E-state index contributed by atoms with van der Waals surface area (Å²) in [6.07, 6.45) is 1.48. The number of nitrogens with zero attached hydrogens (tertiary/aromatic N) is 1. The highest BCUT2D eigenvalue weighted by Crippen LogP contribution is 2.25. The molecule has 0 radical (unpaired) electrons. The Bertz CT molecular complexity index is 586. The van der Waals surface area contributed by atoms with Crippen LogP contribution >= 0.6 is 0 Å². The van der Waals surface area contributed by atoms with Crippen molar-refractivity contribution in [3.63, 3.8) is 0 Å². The predicted octanol–water partition coefficient (Wildman–Crippen LogP) is 2.62. The van der Waals surface area contributed by atoms with E-state index in [0.29, 0.717) is 17.0 Å². The molecule has 1 heterocycles. The van der Waals surface area contributed by atoms with Crippen LogP contribution in [0.2, 0.25) is 0 Å². The lowest BCUT2D eigenvalue weighted by molar-refractivity contribution is 0.0322. The van der Waals surface area contributed by atoms with E-state index in [1.54, 1.807) is 13.8 Å². The monoisotopic (exact) mass is 257 g/mol. The average molecular weight is 257 g/mol. The molecule has 0 N–H and O–H groups in total. The van der Waals surface area contributed by atoms with Gasteiger partial charge in [0.25, 0.3) is 0 Å². The summed E-state index contributed by atoms with van der Waals surface area (Å²) in [7, 11) is 0. The summed E-state index contributed by atoms with van der Waals surface area (Å²) in [6.45, 7) is 3.47. The van der Waals surface area contributed by atoms with Crippen molar-refractivity contribution in [1.82, 2.24) is 5.16 Å². The molecule has 0 fully saturated rings. The molecule has 2 aromatic rings. The summed E-state index contributed by atoms with van der Waals surface area (Å²) in [5, 5.41) is 3.78. The summed E-state index contributed by atoms with van der Waals surface area (Å²) >= 11 is 0. The lowest BCUT2D eigenvalue weighted by Gasteiger charge is -2.10. The zero-order valence-electron chi connectivity index (χ0n) is 11.0. The molecule has 4 heteroatoms. The number of fused-ring (bicyclic) bond motifs is 1. The number of ether oxygens (including phenoxy) is 1. The van der Waals surface area contributed by atoms with Crippen molar-refractivity contribution in [2.75, 3.05) is 0 Å². The van der Waals surface area contributed by atoms with Gasteiger partial charge in [-0.1, -0.05) is 29.4 Å². The second-order valence-corrected chi connectivity index (χ2v) is 4.90. The largest absolute Gasteiger partial charge is 0.458 e. The number of esters is 1. The van der Waals surface area contributed by atoms with E-state index in [9.17, 15) is 4.79 Å². The highest BCUT2D eigenvalue weighted by molar-refractivity contribution is 5.91. The number of rotatable bonds is 2. The first-order chi connectivity index (χ1) is 9.15. The Hall–Kier alpha value is -2.10. The zero-order valence-corrected chi connectivity index (χ0v) is 11.0. The minimum atomic E-state index is -0.339. The van der Waals surface area contributed by atoms with E-state index in [0.717, 1.165) is 12.8 Å². The Morgan fingerprint density at radius 1 is 1.26 bits per heavy atom. The number of aromatic nitrogens is 1. The molecule has 19 heavy (non-hydrogen) atoms. The summed E-state index contributed by atoms with van der Waals surface area (Å²) < 4.78 is 10.6. The molecule has 98 valence electrons. The Morgan fingerprint density at radius 3 is 2.42 bits per heavy atom. The van der Waals surface area contributed by atoms with Crippen molar-refractivity contribution in [2.24, 2.45) is 0 Å². The SMILES string of the molecule is Cc1noc(C)c1C(=O)OC1Cc2ccccc2C1. The number of benzene rings is 1. The third-order valence-electron chi connectivity index (χ3n) is 3.52. The van der Waals surface area contributed by atoms with Crippen molar-refractivity contribution in [3.8, 4) is 0 Å². The van der Waals surface area contributed by atoms with Crippen LogP contribution in [0.15, 0.2) is 28.8 Å². The first-order valence-electron chi connectivity index (χ1n) is 6.36. The van der Waals surface area contributed by atoms with E-state index in [1.165, 1.54) is 11.1 Å². The molecular formula is C15H15NO3. The van der Waals surface area contributed by atoms with Crippen LogP contribution < -0.4 is 0 Å². The van der Waals surface area contributed by atoms with Gasteiger partial charge < -0.3 is 9.26 Å². The molecule has 0 spiro atoms. The molecule has 0 aliphatic heterocycles. The number of hydrogen-bond donors (Lipinski definition) is 0. The summed E-state index contributed by atoms with van der Waals surface area (Å²) in [4.78, 5) is 12.1. The quantitative estimate of drug-likeness (QED) is 0.776. The third-order valence-corrected chi connectivity index (χ3v) is 3.52. The Labute approximate surface area is 111 Å². The Morgan fingerprint density at radius 2 is 1.89 bits per heavy atom. The van der Waals surface area contributed by atoms with Crippen molar-refractivity contribution < 1.29 is 14.1 Å². The van der Waals surface area contributed by atoms with Crippen LogP contribution in [-0.4, -0.2) is 17.2 Å². The molecule has 1 aromatic heterocycles. The second-order valence-electron chi connectivity index (χ2n) is 4.90. The molecule has 0 atom stereocenters. The van der Waals surface area contributed by atoms with Gasteiger partial charge in [0.2, 0.25) is 0 Å². The molecule has 0 saturated heterocycles. The maximum Gasteiger partial charge on any atom is 0.343 e. The van der Waals surface area contributed by atoms with Crippen LogP contribution in [0.5, 0.6) is 0 Å². The fraction of sp³-hybridized carbons (Fsp3) is 0.333. The van der Waals surface area contributed by atoms with Crippen LogP contribution in [-0.2, 0) is 17.6 Å². The predicted molar refractivity (Wildman–Crippen MR) is 69.0 cm³/mol. The topological polar surface area (TPSA) is 52.3 Å². The lowest BCUT2D eigenvalue weighted by atomic mass is 10.1. The molecule has 1 aromatic carbocycles. The molecule has 1 aliphatic rings. The second kappa shape index (κ2) is 4.53. The van der Waals surface area contributed by atoms with Crippen molar-refractivity contribution in [2.45, 2.75) is 32.8 Å². The Balaban J connectivity index is 1.73.